The molecule has 6 heteroatoms. The number of phenolic OH excluding ortho intramolecular Hbond substituents is 2. The molecule has 3 N–H and O–H groups in total. The fourth-order valence-corrected chi connectivity index (χ4v) is 2.25. The molecule has 0 saturated heterocycles. The van der Waals surface area contributed by atoms with E-state index in [2.05, 4.69) is 5.32 Å². The normalized spacial score (nSPS) is 12.1. The molecule has 6 nitrogen and oxygen atoms in total. The standard InChI is InChI=1S/C19H21NO5/c1-24-17-11-13(3-9-16(17)22)4-10-19(23)20-12-18(25-2)14-5-7-15(21)8-6-14/h3-11,18,21-22H,12H2,1-2H3,(H,20,23)/t18-/m0/s1. The maximum Gasteiger partial charge on any atom is 0.244 e. The zero-order chi connectivity index (χ0) is 18.2. The quantitative estimate of drug-likeness (QED) is 0.673. The third-order valence-electron chi connectivity index (χ3n) is 3.64. The maximum atomic E-state index is 12.0. The Kier molecular flexibility index (Phi) is 6.42. The molecule has 132 valence electrons. The summed E-state index contributed by atoms with van der Waals surface area (Å²) >= 11 is 0. The summed E-state index contributed by atoms with van der Waals surface area (Å²) in [5, 5.41) is 21.6. The molecular formula is C19H21NO5. The van der Waals surface area contributed by atoms with Crippen LogP contribution in [0, 0.1) is 0 Å². The molecule has 0 bridgehead atoms. The van der Waals surface area contributed by atoms with Gasteiger partial charge in [0.15, 0.2) is 11.5 Å². The van der Waals surface area contributed by atoms with Crippen molar-refractivity contribution in [3.63, 3.8) is 0 Å². The number of hydrogen-bond acceptors (Lipinski definition) is 5. The first-order chi connectivity index (χ1) is 12.0. The molecule has 0 saturated carbocycles. The second-order valence-corrected chi connectivity index (χ2v) is 5.33. The molecule has 0 aliphatic rings. The highest BCUT2D eigenvalue weighted by atomic mass is 16.5. The SMILES string of the molecule is COc1cc(C=CC(=O)NC[C@H](OC)c2ccc(O)cc2)ccc1O. The highest BCUT2D eigenvalue weighted by molar-refractivity contribution is 5.91. The molecule has 0 aliphatic carbocycles. The summed E-state index contributed by atoms with van der Waals surface area (Å²) in [5.41, 5.74) is 1.58. The molecule has 2 rings (SSSR count). The van der Waals surface area contributed by atoms with E-state index in [0.717, 1.165) is 11.1 Å². The lowest BCUT2D eigenvalue weighted by molar-refractivity contribution is -0.117. The highest BCUT2D eigenvalue weighted by Gasteiger charge is 2.11. The van der Waals surface area contributed by atoms with Crippen LogP contribution >= 0.6 is 0 Å². The summed E-state index contributed by atoms with van der Waals surface area (Å²) in [5.74, 6) is 0.290. The molecule has 0 heterocycles. The number of carbonyl (C=O) groups excluding carboxylic acids is 1. The van der Waals surface area contributed by atoms with Gasteiger partial charge in [-0.05, 0) is 41.5 Å². The summed E-state index contributed by atoms with van der Waals surface area (Å²) < 4.78 is 10.4. The van der Waals surface area contributed by atoms with Gasteiger partial charge < -0.3 is 25.0 Å². The second-order valence-electron chi connectivity index (χ2n) is 5.33. The maximum absolute atomic E-state index is 12.0. The number of rotatable bonds is 7. The summed E-state index contributed by atoms with van der Waals surface area (Å²) in [6.07, 6.45) is 2.71. The second kappa shape index (κ2) is 8.75. The molecule has 25 heavy (non-hydrogen) atoms. The lowest BCUT2D eigenvalue weighted by atomic mass is 10.1. The van der Waals surface area contributed by atoms with Crippen molar-refractivity contribution in [3.05, 3.63) is 59.7 Å². The van der Waals surface area contributed by atoms with Gasteiger partial charge in [-0.15, -0.1) is 0 Å². The van der Waals surface area contributed by atoms with E-state index in [4.69, 9.17) is 9.47 Å². The lowest BCUT2D eigenvalue weighted by Crippen LogP contribution is -2.27. The average molecular weight is 343 g/mol. The number of amides is 1. The Bertz CT molecular complexity index is 740. The van der Waals surface area contributed by atoms with Crippen LogP contribution in [0.4, 0.5) is 0 Å². The van der Waals surface area contributed by atoms with Gasteiger partial charge in [0.05, 0.1) is 13.2 Å². The number of carbonyl (C=O) groups is 1. The molecule has 0 radical (unpaired) electrons. The van der Waals surface area contributed by atoms with Crippen molar-refractivity contribution in [2.45, 2.75) is 6.10 Å². The minimum Gasteiger partial charge on any atom is -0.508 e. The number of methoxy groups -OCH3 is 2. The van der Waals surface area contributed by atoms with Crippen molar-refractivity contribution in [1.29, 1.82) is 0 Å². The fraction of sp³-hybridized carbons (Fsp3) is 0.211. The number of benzene rings is 2. The van der Waals surface area contributed by atoms with E-state index in [1.54, 1.807) is 49.6 Å². The van der Waals surface area contributed by atoms with Gasteiger partial charge in [0.1, 0.15) is 5.75 Å². The van der Waals surface area contributed by atoms with Gasteiger partial charge in [-0.1, -0.05) is 18.2 Å². The molecule has 0 aromatic heterocycles. The van der Waals surface area contributed by atoms with Crippen molar-refractivity contribution >= 4 is 12.0 Å². The van der Waals surface area contributed by atoms with Crippen molar-refractivity contribution in [2.24, 2.45) is 0 Å². The van der Waals surface area contributed by atoms with Gasteiger partial charge in [0.2, 0.25) is 5.91 Å². The van der Waals surface area contributed by atoms with E-state index >= 15 is 0 Å². The van der Waals surface area contributed by atoms with Crippen LogP contribution in [0.25, 0.3) is 6.08 Å². The van der Waals surface area contributed by atoms with Crippen molar-refractivity contribution in [3.8, 4) is 17.2 Å². The number of phenols is 2. The average Bonchev–Trinajstić information content (AvgIpc) is 2.63. The fourth-order valence-electron chi connectivity index (χ4n) is 2.25. The third kappa shape index (κ3) is 5.26. The number of aromatic hydroxyl groups is 2. The van der Waals surface area contributed by atoms with Crippen LogP contribution in [0.5, 0.6) is 17.2 Å². The smallest absolute Gasteiger partial charge is 0.244 e. The molecule has 2 aromatic carbocycles. The van der Waals surface area contributed by atoms with Crippen molar-refractivity contribution in [1.82, 2.24) is 5.32 Å². The molecule has 1 atom stereocenters. The Morgan fingerprint density at radius 3 is 2.52 bits per heavy atom. The van der Waals surface area contributed by atoms with Gasteiger partial charge in [-0.2, -0.15) is 0 Å². The zero-order valence-corrected chi connectivity index (χ0v) is 14.1. The third-order valence-corrected chi connectivity index (χ3v) is 3.64. The summed E-state index contributed by atoms with van der Waals surface area (Å²) in [6.45, 7) is 0.295. The van der Waals surface area contributed by atoms with Gasteiger partial charge >= 0.3 is 0 Å². The van der Waals surface area contributed by atoms with E-state index in [1.165, 1.54) is 19.3 Å². The largest absolute Gasteiger partial charge is 0.508 e. The first-order valence-corrected chi connectivity index (χ1v) is 7.68. The van der Waals surface area contributed by atoms with Crippen LogP contribution in [0.3, 0.4) is 0 Å². The van der Waals surface area contributed by atoms with Gasteiger partial charge in [-0.3, -0.25) is 4.79 Å². The minimum absolute atomic E-state index is 0.0425. The van der Waals surface area contributed by atoms with E-state index in [0.29, 0.717) is 12.3 Å². The molecule has 1 amide bonds. The van der Waals surface area contributed by atoms with E-state index in [-0.39, 0.29) is 23.5 Å². The van der Waals surface area contributed by atoms with Crippen LogP contribution in [-0.4, -0.2) is 36.9 Å². The van der Waals surface area contributed by atoms with E-state index in [9.17, 15) is 15.0 Å². The van der Waals surface area contributed by atoms with Gasteiger partial charge in [-0.25, -0.2) is 0 Å². The van der Waals surface area contributed by atoms with Crippen LogP contribution < -0.4 is 10.1 Å². The molecule has 0 fully saturated rings. The van der Waals surface area contributed by atoms with Crippen LogP contribution in [-0.2, 0) is 9.53 Å². The minimum atomic E-state index is -0.313. The molecule has 0 aliphatic heterocycles. The number of hydrogen-bond donors (Lipinski definition) is 3. The van der Waals surface area contributed by atoms with Crippen LogP contribution in [0.1, 0.15) is 17.2 Å². The van der Waals surface area contributed by atoms with Crippen molar-refractivity contribution in [2.75, 3.05) is 20.8 Å². The molecule has 0 spiro atoms. The first-order valence-electron chi connectivity index (χ1n) is 7.68. The molecular weight excluding hydrogens is 322 g/mol. The van der Waals surface area contributed by atoms with Crippen molar-refractivity contribution < 1.29 is 24.5 Å². The summed E-state index contributed by atoms with van der Waals surface area (Å²) in [7, 11) is 3.02. The number of nitrogens with one attached hydrogen (secondary N) is 1. The lowest BCUT2D eigenvalue weighted by Gasteiger charge is -2.16. The van der Waals surface area contributed by atoms with E-state index in [1.807, 2.05) is 0 Å². The zero-order valence-electron chi connectivity index (χ0n) is 14.1. The van der Waals surface area contributed by atoms with Gasteiger partial charge in [0, 0.05) is 19.7 Å². The van der Waals surface area contributed by atoms with E-state index < -0.39 is 0 Å². The highest BCUT2D eigenvalue weighted by Crippen LogP contribution is 2.26. The molecule has 0 unspecified atom stereocenters. The Morgan fingerprint density at radius 1 is 1.16 bits per heavy atom. The first kappa shape index (κ1) is 18.4. The Morgan fingerprint density at radius 2 is 1.88 bits per heavy atom. The molecule has 2 aromatic rings. The van der Waals surface area contributed by atoms with Gasteiger partial charge in [0.25, 0.3) is 0 Å². The number of ether oxygens (including phenoxy) is 2. The van der Waals surface area contributed by atoms with Crippen LogP contribution in [0.2, 0.25) is 0 Å². The topological polar surface area (TPSA) is 88.0 Å². The Balaban J connectivity index is 1.94. The monoisotopic (exact) mass is 343 g/mol. The summed E-state index contributed by atoms with van der Waals surface area (Å²) in [6, 6.07) is 11.4. The predicted molar refractivity (Wildman–Crippen MR) is 94.6 cm³/mol. The van der Waals surface area contributed by atoms with Crippen LogP contribution in [0.15, 0.2) is 48.5 Å². The Labute approximate surface area is 146 Å². The summed E-state index contributed by atoms with van der Waals surface area (Å²) in [4.78, 5) is 12.0. The Hall–Kier alpha value is -2.99. The predicted octanol–water partition coefficient (Wildman–Crippen LogP) is 2.62.